The number of hydrogen-bond acceptors (Lipinski definition) is 3. The fraction of sp³-hybridized carbons (Fsp3) is 1.00. The van der Waals surface area contributed by atoms with Gasteiger partial charge in [-0.25, -0.2) is 13.1 Å². The predicted molar refractivity (Wildman–Crippen MR) is 89.9 cm³/mol. The Morgan fingerprint density at radius 1 is 0.857 bits per heavy atom. The summed E-state index contributed by atoms with van der Waals surface area (Å²) in [5.41, 5.74) is 0. The van der Waals surface area contributed by atoms with Crippen molar-refractivity contribution < 1.29 is 13.5 Å². The average molecular weight is 322 g/mol. The molecule has 0 saturated heterocycles. The van der Waals surface area contributed by atoms with E-state index < -0.39 is 10.0 Å². The number of unbranched alkanes of at least 4 members (excludes halogenated alkanes) is 8. The first-order valence-electron chi connectivity index (χ1n) is 8.66. The summed E-state index contributed by atoms with van der Waals surface area (Å²) in [6, 6.07) is -0.316. The van der Waals surface area contributed by atoms with Crippen molar-refractivity contribution >= 4 is 10.0 Å². The first kappa shape index (κ1) is 20.9. The molecule has 0 saturated carbocycles. The molecule has 21 heavy (non-hydrogen) atoms. The molecule has 0 spiro atoms. The van der Waals surface area contributed by atoms with Gasteiger partial charge in [-0.2, -0.15) is 0 Å². The van der Waals surface area contributed by atoms with E-state index in [-0.39, 0.29) is 18.4 Å². The second-order valence-corrected chi connectivity index (χ2v) is 7.81. The topological polar surface area (TPSA) is 66.4 Å². The first-order valence-corrected chi connectivity index (χ1v) is 10.3. The van der Waals surface area contributed by atoms with Gasteiger partial charge in [-0.05, 0) is 12.8 Å². The van der Waals surface area contributed by atoms with Crippen LogP contribution in [0.5, 0.6) is 0 Å². The minimum absolute atomic E-state index is 0.114. The molecule has 0 fully saturated rings. The lowest BCUT2D eigenvalue weighted by Crippen LogP contribution is -2.38. The van der Waals surface area contributed by atoms with Crippen LogP contribution in [0.1, 0.15) is 84.5 Å². The molecule has 0 aliphatic carbocycles. The maximum Gasteiger partial charge on any atom is 0.211 e. The van der Waals surface area contributed by atoms with Crippen LogP contribution in [0.15, 0.2) is 0 Å². The summed E-state index contributed by atoms with van der Waals surface area (Å²) in [6.45, 7) is 4.15. The van der Waals surface area contributed by atoms with E-state index in [0.717, 1.165) is 32.1 Å². The molecule has 0 aromatic rings. The van der Waals surface area contributed by atoms with Gasteiger partial charge in [-0.3, -0.25) is 0 Å². The molecule has 128 valence electrons. The van der Waals surface area contributed by atoms with Crippen molar-refractivity contribution in [1.82, 2.24) is 4.72 Å². The zero-order chi connectivity index (χ0) is 16.0. The molecule has 0 aromatic carbocycles. The third-order valence-electron chi connectivity index (χ3n) is 3.74. The summed E-state index contributed by atoms with van der Waals surface area (Å²) in [5.74, 6) is 0.185. The molecule has 0 rings (SSSR count). The van der Waals surface area contributed by atoms with Gasteiger partial charge >= 0.3 is 0 Å². The van der Waals surface area contributed by atoms with E-state index in [0.29, 0.717) is 6.42 Å². The van der Waals surface area contributed by atoms with Gasteiger partial charge in [0.2, 0.25) is 10.0 Å². The molecule has 0 bridgehead atoms. The van der Waals surface area contributed by atoms with Crippen LogP contribution < -0.4 is 4.72 Å². The molecule has 0 aliphatic rings. The Kier molecular flexibility index (Phi) is 13.4. The van der Waals surface area contributed by atoms with Gasteiger partial charge in [0.15, 0.2) is 0 Å². The van der Waals surface area contributed by atoms with E-state index in [9.17, 15) is 13.5 Å². The van der Waals surface area contributed by atoms with E-state index in [2.05, 4.69) is 18.6 Å². The van der Waals surface area contributed by atoms with Crippen LogP contribution in [0.25, 0.3) is 0 Å². The minimum Gasteiger partial charge on any atom is -0.395 e. The number of aliphatic hydroxyl groups is 1. The summed E-state index contributed by atoms with van der Waals surface area (Å²) >= 11 is 0. The molecule has 0 aromatic heterocycles. The molecular formula is C16H35NO3S. The van der Waals surface area contributed by atoms with Crippen LogP contribution in [-0.2, 0) is 10.0 Å². The van der Waals surface area contributed by atoms with Gasteiger partial charge in [-0.1, -0.05) is 71.6 Å². The van der Waals surface area contributed by atoms with Crippen LogP contribution in [0.2, 0.25) is 0 Å². The Bertz CT molecular complexity index is 317. The summed E-state index contributed by atoms with van der Waals surface area (Å²) in [4.78, 5) is 0. The highest BCUT2D eigenvalue weighted by atomic mass is 32.2. The van der Waals surface area contributed by atoms with Gasteiger partial charge in [-0.15, -0.1) is 0 Å². The molecule has 0 amide bonds. The summed E-state index contributed by atoms with van der Waals surface area (Å²) in [7, 11) is -3.23. The maximum atomic E-state index is 11.9. The highest BCUT2D eigenvalue weighted by molar-refractivity contribution is 7.89. The Morgan fingerprint density at radius 2 is 1.38 bits per heavy atom. The largest absolute Gasteiger partial charge is 0.395 e. The molecule has 0 aliphatic heterocycles. The third kappa shape index (κ3) is 13.3. The van der Waals surface area contributed by atoms with Crippen LogP contribution in [-0.4, -0.2) is 31.9 Å². The van der Waals surface area contributed by atoms with Crippen molar-refractivity contribution in [3.05, 3.63) is 0 Å². The molecule has 4 nitrogen and oxygen atoms in total. The quantitative estimate of drug-likeness (QED) is 0.453. The number of hydrogen-bond donors (Lipinski definition) is 2. The normalized spacial score (nSPS) is 13.5. The molecular weight excluding hydrogens is 286 g/mol. The maximum absolute atomic E-state index is 11.9. The van der Waals surface area contributed by atoms with Gasteiger partial charge in [0.1, 0.15) is 0 Å². The van der Waals surface area contributed by atoms with Crippen LogP contribution >= 0.6 is 0 Å². The van der Waals surface area contributed by atoms with E-state index in [1.54, 1.807) is 0 Å². The van der Waals surface area contributed by atoms with Crippen molar-refractivity contribution in [3.8, 4) is 0 Å². The monoisotopic (exact) mass is 321 g/mol. The van der Waals surface area contributed by atoms with Crippen LogP contribution in [0.3, 0.4) is 0 Å². The van der Waals surface area contributed by atoms with E-state index in [4.69, 9.17) is 0 Å². The lowest BCUT2D eigenvalue weighted by atomic mass is 10.1. The number of nitrogens with one attached hydrogen (secondary N) is 1. The van der Waals surface area contributed by atoms with Gasteiger partial charge in [0.05, 0.1) is 12.4 Å². The van der Waals surface area contributed by atoms with Crippen molar-refractivity contribution in [2.24, 2.45) is 0 Å². The minimum atomic E-state index is -3.23. The predicted octanol–water partition coefficient (Wildman–Crippen LogP) is 3.60. The van der Waals surface area contributed by atoms with Crippen molar-refractivity contribution in [2.75, 3.05) is 12.4 Å². The van der Waals surface area contributed by atoms with E-state index in [1.165, 1.54) is 32.1 Å². The number of aliphatic hydroxyl groups excluding tert-OH is 1. The Labute approximate surface area is 131 Å². The fourth-order valence-corrected chi connectivity index (χ4v) is 3.78. The highest BCUT2D eigenvalue weighted by Crippen LogP contribution is 2.09. The average Bonchev–Trinajstić information content (AvgIpc) is 2.46. The smallest absolute Gasteiger partial charge is 0.211 e. The Balaban J connectivity index is 3.71. The van der Waals surface area contributed by atoms with Crippen molar-refractivity contribution in [1.29, 1.82) is 0 Å². The molecule has 1 atom stereocenters. The first-order chi connectivity index (χ1) is 10.1. The SMILES string of the molecule is CCCCCCCCCCS(=O)(=O)N[C@H](CO)CCCC. The lowest BCUT2D eigenvalue weighted by Gasteiger charge is -2.16. The molecule has 0 heterocycles. The van der Waals surface area contributed by atoms with Crippen molar-refractivity contribution in [2.45, 2.75) is 90.5 Å². The van der Waals surface area contributed by atoms with E-state index in [1.807, 2.05) is 0 Å². The van der Waals surface area contributed by atoms with E-state index >= 15 is 0 Å². The zero-order valence-electron chi connectivity index (χ0n) is 13.9. The third-order valence-corrected chi connectivity index (χ3v) is 5.26. The Hall–Kier alpha value is -0.130. The van der Waals surface area contributed by atoms with Crippen LogP contribution in [0, 0.1) is 0 Å². The van der Waals surface area contributed by atoms with Gasteiger partial charge in [0, 0.05) is 6.04 Å². The number of rotatable bonds is 15. The van der Waals surface area contributed by atoms with Gasteiger partial charge < -0.3 is 5.11 Å². The second kappa shape index (κ2) is 13.5. The van der Waals surface area contributed by atoms with Gasteiger partial charge in [0.25, 0.3) is 0 Å². The van der Waals surface area contributed by atoms with Crippen molar-refractivity contribution in [3.63, 3.8) is 0 Å². The molecule has 0 unspecified atom stereocenters. The molecule has 0 radical (unpaired) electrons. The summed E-state index contributed by atoms with van der Waals surface area (Å²) in [5, 5.41) is 9.20. The standard InChI is InChI=1S/C16H35NO3S/c1-3-5-7-8-9-10-11-12-14-21(19,20)17-16(15-18)13-6-4-2/h16-18H,3-15H2,1-2H3/t16-/m0/s1. The second-order valence-electron chi connectivity index (χ2n) is 5.93. The molecule has 2 N–H and O–H groups in total. The number of sulfonamides is 1. The molecule has 5 heteroatoms. The van der Waals surface area contributed by atoms with Crippen LogP contribution in [0.4, 0.5) is 0 Å². The lowest BCUT2D eigenvalue weighted by molar-refractivity contribution is 0.248. The summed E-state index contributed by atoms with van der Waals surface area (Å²) in [6.07, 6.45) is 11.8. The fourth-order valence-electron chi connectivity index (χ4n) is 2.38. The zero-order valence-corrected chi connectivity index (χ0v) is 14.8. The summed E-state index contributed by atoms with van der Waals surface area (Å²) < 4.78 is 26.4. The Morgan fingerprint density at radius 3 is 1.90 bits per heavy atom. The highest BCUT2D eigenvalue weighted by Gasteiger charge is 2.16.